The average Bonchev–Trinajstić information content (AvgIpc) is 2.61. The van der Waals surface area contributed by atoms with Crippen LogP contribution in [-0.2, 0) is 19.4 Å². The highest BCUT2D eigenvalue weighted by atomic mass is 15.2. The van der Waals surface area contributed by atoms with Crippen LogP contribution in [0.15, 0.2) is 42.6 Å². The van der Waals surface area contributed by atoms with Gasteiger partial charge >= 0.3 is 0 Å². The normalized spacial score (nSPS) is 15.8. The summed E-state index contributed by atoms with van der Waals surface area (Å²) < 4.78 is 0. The van der Waals surface area contributed by atoms with Crippen LogP contribution < -0.4 is 10.6 Å². The summed E-state index contributed by atoms with van der Waals surface area (Å²) in [7, 11) is 2.18. The Morgan fingerprint density at radius 1 is 0.913 bits per heavy atom. The highest BCUT2D eigenvalue weighted by molar-refractivity contribution is 5.45. The molecular formula is C19H26N4. The molecule has 0 amide bonds. The maximum Gasteiger partial charge on any atom is 0.0553 e. The second-order valence-electron chi connectivity index (χ2n) is 6.32. The number of piperazine rings is 1. The van der Waals surface area contributed by atoms with Crippen LogP contribution in [-0.4, -0.2) is 43.1 Å². The maximum absolute atomic E-state index is 5.63. The zero-order valence-electron chi connectivity index (χ0n) is 13.9. The van der Waals surface area contributed by atoms with Crippen LogP contribution in [0.4, 0.5) is 5.69 Å². The van der Waals surface area contributed by atoms with Gasteiger partial charge < -0.3 is 15.5 Å². The van der Waals surface area contributed by atoms with E-state index in [2.05, 4.69) is 58.2 Å². The second-order valence-corrected chi connectivity index (χ2v) is 6.32. The van der Waals surface area contributed by atoms with E-state index in [0.717, 1.165) is 44.7 Å². The van der Waals surface area contributed by atoms with Crippen molar-refractivity contribution in [3.63, 3.8) is 0 Å². The quantitative estimate of drug-likeness (QED) is 0.918. The van der Waals surface area contributed by atoms with Crippen LogP contribution >= 0.6 is 0 Å². The molecule has 4 heteroatoms. The molecule has 0 radical (unpaired) electrons. The van der Waals surface area contributed by atoms with Crippen molar-refractivity contribution in [2.45, 2.75) is 19.4 Å². The zero-order valence-corrected chi connectivity index (χ0v) is 13.9. The molecule has 2 aromatic rings. The van der Waals surface area contributed by atoms with Crippen molar-refractivity contribution < 1.29 is 0 Å². The summed E-state index contributed by atoms with van der Waals surface area (Å²) in [5.41, 5.74) is 10.6. The second kappa shape index (κ2) is 7.57. The molecule has 0 aliphatic carbocycles. The van der Waals surface area contributed by atoms with Gasteiger partial charge in [0.05, 0.1) is 11.9 Å². The van der Waals surface area contributed by atoms with E-state index in [-0.39, 0.29) is 0 Å². The van der Waals surface area contributed by atoms with Gasteiger partial charge in [0.1, 0.15) is 0 Å². The van der Waals surface area contributed by atoms with Crippen molar-refractivity contribution in [2.75, 3.05) is 38.1 Å². The van der Waals surface area contributed by atoms with Crippen LogP contribution in [0.2, 0.25) is 0 Å². The van der Waals surface area contributed by atoms with Crippen LogP contribution in [0.5, 0.6) is 0 Å². The highest BCUT2D eigenvalue weighted by Gasteiger charge is 2.14. The minimum absolute atomic E-state index is 0.607. The summed E-state index contributed by atoms with van der Waals surface area (Å²) in [5, 5.41) is 0. The van der Waals surface area contributed by atoms with Gasteiger partial charge in [-0.2, -0.15) is 0 Å². The van der Waals surface area contributed by atoms with Gasteiger partial charge in [0.15, 0.2) is 0 Å². The number of rotatable bonds is 5. The van der Waals surface area contributed by atoms with Gasteiger partial charge in [-0.3, -0.25) is 4.98 Å². The molecule has 1 fully saturated rings. The number of aryl methyl sites for hydroxylation is 2. The summed E-state index contributed by atoms with van der Waals surface area (Å²) in [4.78, 5) is 9.43. The minimum atomic E-state index is 0.607. The lowest BCUT2D eigenvalue weighted by atomic mass is 10.1. The minimum Gasteiger partial charge on any atom is -0.368 e. The van der Waals surface area contributed by atoms with Gasteiger partial charge in [0, 0.05) is 38.4 Å². The number of aromatic nitrogens is 1. The summed E-state index contributed by atoms with van der Waals surface area (Å²) in [6.45, 7) is 5.03. The molecule has 0 atom stereocenters. The molecule has 3 rings (SSSR count). The topological polar surface area (TPSA) is 45.4 Å². The SMILES string of the molecule is CN1CCN(c2ccc(CCc3ccc(CN)cc3)nc2)CC1. The Bertz CT molecular complexity index is 598. The molecule has 2 N–H and O–H groups in total. The van der Waals surface area contributed by atoms with E-state index in [1.54, 1.807) is 0 Å². The zero-order chi connectivity index (χ0) is 16.1. The maximum atomic E-state index is 5.63. The smallest absolute Gasteiger partial charge is 0.0553 e. The van der Waals surface area contributed by atoms with Crippen molar-refractivity contribution in [2.24, 2.45) is 5.73 Å². The lowest BCUT2D eigenvalue weighted by Crippen LogP contribution is -2.44. The predicted octanol–water partition coefficient (Wildman–Crippen LogP) is 2.08. The van der Waals surface area contributed by atoms with Gasteiger partial charge in [-0.25, -0.2) is 0 Å². The number of anilines is 1. The average molecular weight is 310 g/mol. The molecule has 1 saturated heterocycles. The Labute approximate surface area is 138 Å². The molecule has 0 saturated carbocycles. The number of hydrogen-bond donors (Lipinski definition) is 1. The largest absolute Gasteiger partial charge is 0.368 e. The van der Waals surface area contributed by atoms with Gasteiger partial charge in [0.2, 0.25) is 0 Å². The van der Waals surface area contributed by atoms with Crippen LogP contribution in [0.1, 0.15) is 16.8 Å². The van der Waals surface area contributed by atoms with Crippen LogP contribution in [0.3, 0.4) is 0 Å². The Hall–Kier alpha value is -1.91. The molecule has 0 unspecified atom stereocenters. The van der Waals surface area contributed by atoms with E-state index in [0.29, 0.717) is 6.54 Å². The molecule has 1 aliphatic rings. The number of pyridine rings is 1. The van der Waals surface area contributed by atoms with Crippen LogP contribution in [0, 0.1) is 0 Å². The summed E-state index contributed by atoms with van der Waals surface area (Å²) in [6.07, 6.45) is 4.02. The lowest BCUT2D eigenvalue weighted by Gasteiger charge is -2.33. The highest BCUT2D eigenvalue weighted by Crippen LogP contribution is 2.16. The fraction of sp³-hybridized carbons (Fsp3) is 0.421. The lowest BCUT2D eigenvalue weighted by molar-refractivity contribution is 0.313. The number of hydrogen-bond acceptors (Lipinski definition) is 4. The first kappa shape index (κ1) is 16.0. The molecule has 23 heavy (non-hydrogen) atoms. The molecule has 2 heterocycles. The van der Waals surface area contributed by atoms with Gasteiger partial charge in [-0.05, 0) is 43.1 Å². The molecule has 1 aromatic carbocycles. The summed E-state index contributed by atoms with van der Waals surface area (Å²) in [5.74, 6) is 0. The first-order chi connectivity index (χ1) is 11.2. The molecule has 122 valence electrons. The monoisotopic (exact) mass is 310 g/mol. The molecule has 1 aromatic heterocycles. The van der Waals surface area contributed by atoms with Crippen LogP contribution in [0.25, 0.3) is 0 Å². The van der Waals surface area contributed by atoms with E-state index >= 15 is 0 Å². The van der Waals surface area contributed by atoms with E-state index in [9.17, 15) is 0 Å². The first-order valence-corrected chi connectivity index (χ1v) is 8.41. The van der Waals surface area contributed by atoms with Crippen molar-refractivity contribution in [3.05, 3.63) is 59.4 Å². The van der Waals surface area contributed by atoms with Crippen molar-refractivity contribution in [1.82, 2.24) is 9.88 Å². The molecule has 0 spiro atoms. The summed E-state index contributed by atoms with van der Waals surface area (Å²) in [6, 6.07) is 12.9. The number of benzene rings is 1. The predicted molar refractivity (Wildman–Crippen MR) is 95.7 cm³/mol. The molecular weight excluding hydrogens is 284 g/mol. The molecule has 1 aliphatic heterocycles. The standard InChI is InChI=1S/C19H26N4/c1-22-10-12-23(13-11-22)19-9-8-18(21-15-19)7-6-16-2-4-17(14-20)5-3-16/h2-5,8-9,15H,6-7,10-14,20H2,1H3. The third-order valence-corrected chi connectivity index (χ3v) is 4.61. The Morgan fingerprint density at radius 2 is 1.61 bits per heavy atom. The van der Waals surface area contributed by atoms with Gasteiger partial charge in [-0.15, -0.1) is 0 Å². The van der Waals surface area contributed by atoms with E-state index in [4.69, 9.17) is 5.73 Å². The van der Waals surface area contributed by atoms with Gasteiger partial charge in [-0.1, -0.05) is 24.3 Å². The first-order valence-electron chi connectivity index (χ1n) is 8.41. The van der Waals surface area contributed by atoms with Crippen molar-refractivity contribution >= 4 is 5.69 Å². The number of likely N-dealkylation sites (N-methyl/N-ethyl adjacent to an activating group) is 1. The van der Waals surface area contributed by atoms with E-state index < -0.39 is 0 Å². The third kappa shape index (κ3) is 4.30. The number of nitrogens with zero attached hydrogens (tertiary/aromatic N) is 3. The van der Waals surface area contributed by atoms with E-state index in [1.165, 1.54) is 16.8 Å². The Kier molecular flexibility index (Phi) is 5.26. The summed E-state index contributed by atoms with van der Waals surface area (Å²) >= 11 is 0. The van der Waals surface area contributed by atoms with E-state index in [1.807, 2.05) is 6.20 Å². The molecule has 4 nitrogen and oxygen atoms in total. The Balaban J connectivity index is 1.54. The van der Waals surface area contributed by atoms with Gasteiger partial charge in [0.25, 0.3) is 0 Å². The third-order valence-electron chi connectivity index (χ3n) is 4.61. The number of nitrogens with two attached hydrogens (primary N) is 1. The fourth-order valence-corrected chi connectivity index (χ4v) is 2.93. The Morgan fingerprint density at radius 3 is 2.22 bits per heavy atom. The molecule has 0 bridgehead atoms. The van der Waals surface area contributed by atoms with Crippen molar-refractivity contribution in [1.29, 1.82) is 0 Å². The fourth-order valence-electron chi connectivity index (χ4n) is 2.93. The van der Waals surface area contributed by atoms with Crippen molar-refractivity contribution in [3.8, 4) is 0 Å².